The molecule has 88 valence electrons. The molecule has 0 fully saturated rings. The molecule has 0 amide bonds. The molecule has 1 heterocycles. The molecule has 0 bridgehead atoms. The maximum atomic E-state index is 5.78. The lowest BCUT2D eigenvalue weighted by atomic mass is 9.92. The minimum Gasteiger partial charge on any atom is -0.493 e. The Morgan fingerprint density at radius 1 is 1.38 bits per heavy atom. The predicted octanol–water partition coefficient (Wildman–Crippen LogP) is 3.70. The second-order valence-corrected chi connectivity index (χ2v) is 5.56. The molecule has 0 N–H and O–H groups in total. The van der Waals surface area contributed by atoms with Crippen LogP contribution in [0.2, 0.25) is 0 Å². The Morgan fingerprint density at radius 2 is 2.12 bits per heavy atom. The van der Waals surface area contributed by atoms with E-state index in [1.807, 2.05) is 6.92 Å². The number of rotatable bonds is 2. The van der Waals surface area contributed by atoms with E-state index in [1.54, 1.807) is 0 Å². The third-order valence-corrected chi connectivity index (χ3v) is 3.41. The molecule has 16 heavy (non-hydrogen) atoms. The van der Waals surface area contributed by atoms with Gasteiger partial charge >= 0.3 is 0 Å². The Morgan fingerprint density at radius 3 is 2.81 bits per heavy atom. The number of fused-ring (bicyclic) bond motifs is 1. The topological polar surface area (TPSA) is 18.5 Å². The second kappa shape index (κ2) is 4.38. The van der Waals surface area contributed by atoms with E-state index in [0.29, 0.717) is 13.2 Å². The van der Waals surface area contributed by atoms with Crippen LogP contribution in [0.15, 0.2) is 16.6 Å². The van der Waals surface area contributed by atoms with Crippen LogP contribution in [0.25, 0.3) is 0 Å². The Labute approximate surface area is 105 Å². The van der Waals surface area contributed by atoms with Crippen molar-refractivity contribution in [2.24, 2.45) is 0 Å². The van der Waals surface area contributed by atoms with Crippen LogP contribution in [-0.4, -0.2) is 12.2 Å². The molecule has 3 heteroatoms. The highest BCUT2D eigenvalue weighted by atomic mass is 79.9. The van der Waals surface area contributed by atoms with Crippen molar-refractivity contribution in [3.05, 3.63) is 27.7 Å². The summed E-state index contributed by atoms with van der Waals surface area (Å²) in [6.45, 7) is 7.63. The fourth-order valence-corrected chi connectivity index (χ4v) is 2.49. The lowest BCUT2D eigenvalue weighted by Gasteiger charge is -2.32. The molecule has 1 aromatic carbocycles. The van der Waals surface area contributed by atoms with Crippen molar-refractivity contribution in [1.29, 1.82) is 0 Å². The summed E-state index contributed by atoms with van der Waals surface area (Å²) < 4.78 is 12.4. The number of hydrogen-bond acceptors (Lipinski definition) is 2. The molecular weight excluding hydrogens is 268 g/mol. The summed E-state index contributed by atoms with van der Waals surface area (Å²) in [5, 5.41) is 0. The summed E-state index contributed by atoms with van der Waals surface area (Å²) in [5.74, 6) is 0.930. The fourth-order valence-electron chi connectivity index (χ4n) is 1.98. The Kier molecular flexibility index (Phi) is 3.27. The molecule has 1 aliphatic heterocycles. The van der Waals surface area contributed by atoms with Crippen molar-refractivity contribution < 1.29 is 9.47 Å². The summed E-state index contributed by atoms with van der Waals surface area (Å²) in [4.78, 5) is 0. The van der Waals surface area contributed by atoms with Gasteiger partial charge in [-0.25, -0.2) is 0 Å². The molecule has 0 radical (unpaired) electrons. The average Bonchev–Trinajstić information content (AvgIpc) is 2.19. The molecule has 1 aliphatic rings. The van der Waals surface area contributed by atoms with Crippen LogP contribution < -0.4 is 4.74 Å². The van der Waals surface area contributed by atoms with E-state index in [2.05, 4.69) is 41.9 Å². The zero-order valence-corrected chi connectivity index (χ0v) is 11.6. The maximum Gasteiger partial charge on any atom is 0.133 e. The first kappa shape index (κ1) is 11.9. The monoisotopic (exact) mass is 284 g/mol. The van der Waals surface area contributed by atoms with Crippen LogP contribution in [0.5, 0.6) is 5.75 Å². The van der Waals surface area contributed by atoms with E-state index in [-0.39, 0.29) is 5.60 Å². The van der Waals surface area contributed by atoms with Gasteiger partial charge in [-0.2, -0.15) is 0 Å². The standard InChI is InChI=1S/C13H17BrO2/c1-4-15-12-6-9-7-13(2,3)16-8-10(9)5-11(12)14/h5-6H,4,7-8H2,1-3H3. The highest BCUT2D eigenvalue weighted by molar-refractivity contribution is 9.10. The first-order valence-corrected chi connectivity index (χ1v) is 6.39. The molecule has 0 saturated heterocycles. The zero-order valence-electron chi connectivity index (χ0n) is 9.97. The van der Waals surface area contributed by atoms with Crippen molar-refractivity contribution in [2.45, 2.75) is 39.4 Å². The molecular formula is C13H17BrO2. The first-order chi connectivity index (χ1) is 7.52. The Hall–Kier alpha value is -0.540. The Bertz CT molecular complexity index is 399. The van der Waals surface area contributed by atoms with Gasteiger partial charge in [0.2, 0.25) is 0 Å². The van der Waals surface area contributed by atoms with Gasteiger partial charge in [0, 0.05) is 6.42 Å². The van der Waals surface area contributed by atoms with Crippen LogP contribution in [0.3, 0.4) is 0 Å². The van der Waals surface area contributed by atoms with Gasteiger partial charge in [-0.05, 0) is 60.0 Å². The van der Waals surface area contributed by atoms with Crippen LogP contribution in [0.1, 0.15) is 31.9 Å². The maximum absolute atomic E-state index is 5.78. The lowest BCUT2D eigenvalue weighted by Crippen LogP contribution is -2.31. The van der Waals surface area contributed by atoms with Gasteiger partial charge in [-0.3, -0.25) is 0 Å². The van der Waals surface area contributed by atoms with Gasteiger partial charge < -0.3 is 9.47 Å². The van der Waals surface area contributed by atoms with Gasteiger partial charge in [0.1, 0.15) is 5.75 Å². The molecule has 0 spiro atoms. The number of benzene rings is 1. The summed E-state index contributed by atoms with van der Waals surface area (Å²) in [7, 11) is 0. The number of ether oxygens (including phenoxy) is 2. The van der Waals surface area contributed by atoms with Gasteiger partial charge in [-0.15, -0.1) is 0 Å². The van der Waals surface area contributed by atoms with Crippen molar-refractivity contribution in [1.82, 2.24) is 0 Å². The molecule has 0 saturated carbocycles. The molecule has 1 aromatic rings. The quantitative estimate of drug-likeness (QED) is 0.825. The molecule has 0 aliphatic carbocycles. The normalized spacial score (nSPS) is 18.0. The van der Waals surface area contributed by atoms with Crippen LogP contribution in [-0.2, 0) is 17.8 Å². The van der Waals surface area contributed by atoms with Gasteiger partial charge in [-0.1, -0.05) is 0 Å². The predicted molar refractivity (Wildman–Crippen MR) is 67.9 cm³/mol. The highest BCUT2D eigenvalue weighted by Gasteiger charge is 2.26. The largest absolute Gasteiger partial charge is 0.493 e. The smallest absolute Gasteiger partial charge is 0.133 e. The summed E-state index contributed by atoms with van der Waals surface area (Å²) in [6.07, 6.45) is 0.940. The van der Waals surface area contributed by atoms with E-state index in [1.165, 1.54) is 11.1 Å². The zero-order chi connectivity index (χ0) is 11.8. The minimum absolute atomic E-state index is 0.0652. The molecule has 0 unspecified atom stereocenters. The number of hydrogen-bond donors (Lipinski definition) is 0. The molecule has 0 aromatic heterocycles. The molecule has 2 rings (SSSR count). The number of halogens is 1. The van der Waals surface area contributed by atoms with E-state index in [0.717, 1.165) is 16.6 Å². The average molecular weight is 285 g/mol. The minimum atomic E-state index is -0.0652. The van der Waals surface area contributed by atoms with Crippen LogP contribution in [0, 0.1) is 0 Å². The molecule has 2 nitrogen and oxygen atoms in total. The SMILES string of the molecule is CCOc1cc2c(cc1Br)COC(C)(C)C2. The van der Waals surface area contributed by atoms with Crippen LogP contribution in [0.4, 0.5) is 0 Å². The van der Waals surface area contributed by atoms with Crippen molar-refractivity contribution in [3.8, 4) is 5.75 Å². The van der Waals surface area contributed by atoms with Gasteiger partial charge in [0.15, 0.2) is 0 Å². The van der Waals surface area contributed by atoms with Gasteiger partial charge in [0.25, 0.3) is 0 Å². The summed E-state index contributed by atoms with van der Waals surface area (Å²) in [5.41, 5.74) is 2.53. The van der Waals surface area contributed by atoms with Crippen molar-refractivity contribution in [2.75, 3.05) is 6.61 Å². The van der Waals surface area contributed by atoms with E-state index >= 15 is 0 Å². The fraction of sp³-hybridized carbons (Fsp3) is 0.538. The second-order valence-electron chi connectivity index (χ2n) is 4.71. The first-order valence-electron chi connectivity index (χ1n) is 5.60. The van der Waals surface area contributed by atoms with E-state index in [9.17, 15) is 0 Å². The van der Waals surface area contributed by atoms with Gasteiger partial charge in [0.05, 0.1) is 23.3 Å². The van der Waals surface area contributed by atoms with Crippen LogP contribution >= 0.6 is 15.9 Å². The lowest BCUT2D eigenvalue weighted by molar-refractivity contribution is -0.0401. The Balaban J connectivity index is 2.36. The summed E-state index contributed by atoms with van der Waals surface area (Å²) >= 11 is 3.52. The highest BCUT2D eigenvalue weighted by Crippen LogP contribution is 2.35. The van der Waals surface area contributed by atoms with E-state index in [4.69, 9.17) is 9.47 Å². The third-order valence-electron chi connectivity index (χ3n) is 2.79. The summed E-state index contributed by atoms with van der Waals surface area (Å²) in [6, 6.07) is 4.24. The third kappa shape index (κ3) is 2.41. The molecule has 0 atom stereocenters. The van der Waals surface area contributed by atoms with Crippen molar-refractivity contribution in [3.63, 3.8) is 0 Å². The van der Waals surface area contributed by atoms with E-state index < -0.39 is 0 Å². The van der Waals surface area contributed by atoms with Crippen molar-refractivity contribution >= 4 is 15.9 Å².